The van der Waals surface area contributed by atoms with E-state index in [1.807, 2.05) is 0 Å². The van der Waals surface area contributed by atoms with Gasteiger partial charge in [-0.1, -0.05) is 0 Å². The van der Waals surface area contributed by atoms with Crippen LogP contribution in [0.2, 0.25) is 0 Å². The number of aromatic nitrogens is 4. The topological polar surface area (TPSA) is 90.2 Å². The predicted molar refractivity (Wildman–Crippen MR) is 108 cm³/mol. The molecule has 0 aliphatic heterocycles. The van der Waals surface area contributed by atoms with E-state index in [1.165, 1.54) is 25.4 Å². The second-order valence-electron chi connectivity index (χ2n) is 7.61. The minimum atomic E-state index is -5.02. The minimum absolute atomic E-state index is 0.0288. The van der Waals surface area contributed by atoms with Gasteiger partial charge in [0, 0.05) is 29.8 Å². The van der Waals surface area contributed by atoms with E-state index in [4.69, 9.17) is 4.74 Å². The number of amides is 1. The third kappa shape index (κ3) is 4.02. The average molecular weight is 447 g/mol. The third-order valence-corrected chi connectivity index (χ3v) is 5.68. The summed E-state index contributed by atoms with van der Waals surface area (Å²) in [5.74, 6) is -1.42. The fourth-order valence-corrected chi connectivity index (χ4v) is 4.07. The van der Waals surface area contributed by atoms with Gasteiger partial charge in [-0.15, -0.1) is 13.2 Å². The van der Waals surface area contributed by atoms with Crippen LogP contribution in [-0.4, -0.2) is 45.4 Å². The van der Waals surface area contributed by atoms with E-state index in [0.717, 1.165) is 50.7 Å². The quantitative estimate of drug-likeness (QED) is 0.435. The Balaban J connectivity index is 1.76. The fraction of sp³-hybridized carbons (Fsp3) is 0.381. The van der Waals surface area contributed by atoms with Crippen molar-refractivity contribution < 1.29 is 27.5 Å². The van der Waals surface area contributed by atoms with Gasteiger partial charge >= 0.3 is 6.30 Å². The lowest BCUT2D eigenvalue weighted by Crippen LogP contribution is -2.43. The van der Waals surface area contributed by atoms with E-state index in [9.17, 15) is 22.8 Å². The number of alkyl halides is 3. The van der Waals surface area contributed by atoms with Crippen LogP contribution < -0.4 is 9.64 Å². The Labute approximate surface area is 181 Å². The van der Waals surface area contributed by atoms with Crippen molar-refractivity contribution in [1.82, 2.24) is 19.7 Å². The number of anilines is 1. The number of methoxy groups -OCH3 is 1. The lowest BCUT2D eigenvalue weighted by molar-refractivity contribution is -0.122. The molecular formula is C21H20F3N5O3. The zero-order valence-electron chi connectivity index (χ0n) is 17.1. The molecule has 0 bridgehead atoms. The Bertz CT molecular complexity index is 1120. The first-order valence-corrected chi connectivity index (χ1v) is 10.00. The highest BCUT2D eigenvalue weighted by Gasteiger charge is 2.44. The van der Waals surface area contributed by atoms with Crippen LogP contribution in [0.3, 0.4) is 0 Å². The number of benzene rings is 1. The number of aldehydes is 1. The van der Waals surface area contributed by atoms with Crippen molar-refractivity contribution >= 4 is 28.8 Å². The van der Waals surface area contributed by atoms with Crippen molar-refractivity contribution in [2.24, 2.45) is 5.92 Å². The van der Waals surface area contributed by atoms with Crippen LogP contribution in [0, 0.1) is 5.92 Å². The van der Waals surface area contributed by atoms with Gasteiger partial charge in [-0.2, -0.15) is 5.10 Å². The number of nitrogens with zero attached hydrogens (tertiary/aromatic N) is 5. The van der Waals surface area contributed by atoms with Gasteiger partial charge in [-0.3, -0.25) is 9.48 Å². The normalized spacial score (nSPS) is 19.0. The van der Waals surface area contributed by atoms with Crippen LogP contribution in [0.15, 0.2) is 37.1 Å². The van der Waals surface area contributed by atoms with Gasteiger partial charge in [0.15, 0.2) is 0 Å². The summed E-state index contributed by atoms with van der Waals surface area (Å²) in [6.45, 7) is 0. The number of carbonyl (C=O) groups excluding carboxylic acids is 2. The molecule has 2 heterocycles. The number of halogens is 3. The Kier molecular flexibility index (Phi) is 5.81. The summed E-state index contributed by atoms with van der Waals surface area (Å²) in [4.78, 5) is 30.7. The lowest BCUT2D eigenvalue weighted by Gasteiger charge is -2.28. The Morgan fingerprint density at radius 3 is 2.44 bits per heavy atom. The number of fused-ring (bicyclic) bond motifs is 1. The SMILES string of the molecule is COc1cc2c(cnn2C2CCC(C=O)CC2)cc1N(C(=O)c1cncnc1)C(F)(F)F. The van der Waals surface area contributed by atoms with E-state index in [-0.39, 0.29) is 28.2 Å². The maximum atomic E-state index is 14.0. The Morgan fingerprint density at radius 1 is 1.16 bits per heavy atom. The van der Waals surface area contributed by atoms with Crippen molar-refractivity contribution in [3.8, 4) is 5.75 Å². The summed E-state index contributed by atoms with van der Waals surface area (Å²) in [5.41, 5.74) is -0.169. The molecule has 1 aliphatic rings. The van der Waals surface area contributed by atoms with Gasteiger partial charge in [-0.05, 0) is 31.7 Å². The third-order valence-electron chi connectivity index (χ3n) is 5.68. The second kappa shape index (κ2) is 8.56. The van der Waals surface area contributed by atoms with Crippen molar-refractivity contribution in [2.75, 3.05) is 12.0 Å². The van der Waals surface area contributed by atoms with Gasteiger partial charge in [0.25, 0.3) is 5.91 Å². The molecule has 8 nitrogen and oxygen atoms in total. The molecule has 168 valence electrons. The number of hydrogen-bond acceptors (Lipinski definition) is 6. The van der Waals surface area contributed by atoms with Crippen LogP contribution in [0.5, 0.6) is 5.75 Å². The van der Waals surface area contributed by atoms with Crippen molar-refractivity contribution in [3.63, 3.8) is 0 Å². The maximum absolute atomic E-state index is 14.0. The van der Waals surface area contributed by atoms with E-state index in [1.54, 1.807) is 4.68 Å². The number of hydrogen-bond donors (Lipinski definition) is 0. The molecule has 1 amide bonds. The van der Waals surface area contributed by atoms with Gasteiger partial charge in [0.2, 0.25) is 0 Å². The summed E-state index contributed by atoms with van der Waals surface area (Å²) in [5, 5.41) is 4.81. The highest BCUT2D eigenvalue weighted by atomic mass is 19.4. The van der Waals surface area contributed by atoms with Crippen LogP contribution in [0.1, 0.15) is 42.1 Å². The highest BCUT2D eigenvalue weighted by molar-refractivity contribution is 6.08. The molecule has 0 spiro atoms. The molecule has 2 aromatic heterocycles. The average Bonchev–Trinajstić information content (AvgIpc) is 3.21. The van der Waals surface area contributed by atoms with Gasteiger partial charge in [0.1, 0.15) is 18.4 Å². The minimum Gasteiger partial charge on any atom is -0.494 e. The molecule has 32 heavy (non-hydrogen) atoms. The molecule has 3 aromatic rings. The van der Waals surface area contributed by atoms with Crippen molar-refractivity contribution in [3.05, 3.63) is 42.6 Å². The molecule has 4 rings (SSSR count). The zero-order valence-corrected chi connectivity index (χ0v) is 17.1. The molecule has 0 radical (unpaired) electrons. The first-order chi connectivity index (χ1) is 15.3. The molecule has 0 N–H and O–H groups in total. The van der Waals surface area contributed by atoms with Gasteiger partial charge in [0.05, 0.1) is 36.1 Å². The molecule has 11 heteroatoms. The summed E-state index contributed by atoms with van der Waals surface area (Å²) in [6, 6.07) is 2.72. The zero-order chi connectivity index (χ0) is 22.9. The maximum Gasteiger partial charge on any atom is 0.491 e. The van der Waals surface area contributed by atoms with Crippen LogP contribution in [0.25, 0.3) is 10.9 Å². The number of carbonyl (C=O) groups is 2. The lowest BCUT2D eigenvalue weighted by atomic mass is 9.87. The van der Waals surface area contributed by atoms with E-state index in [0.29, 0.717) is 10.9 Å². The Morgan fingerprint density at radius 2 is 1.84 bits per heavy atom. The van der Waals surface area contributed by atoms with Crippen molar-refractivity contribution in [2.45, 2.75) is 38.0 Å². The monoisotopic (exact) mass is 447 g/mol. The van der Waals surface area contributed by atoms with E-state index < -0.39 is 17.9 Å². The van der Waals surface area contributed by atoms with Crippen LogP contribution >= 0.6 is 0 Å². The predicted octanol–water partition coefficient (Wildman–Crippen LogP) is 3.93. The number of ether oxygens (including phenoxy) is 1. The summed E-state index contributed by atoms with van der Waals surface area (Å²) >= 11 is 0. The van der Waals surface area contributed by atoms with Crippen LogP contribution in [-0.2, 0) is 4.79 Å². The summed E-state index contributed by atoms with van der Waals surface area (Å²) in [7, 11) is 1.24. The van der Waals surface area contributed by atoms with E-state index in [2.05, 4.69) is 15.1 Å². The van der Waals surface area contributed by atoms with Crippen molar-refractivity contribution in [1.29, 1.82) is 0 Å². The van der Waals surface area contributed by atoms with Gasteiger partial charge < -0.3 is 9.53 Å². The molecule has 1 saturated carbocycles. The largest absolute Gasteiger partial charge is 0.494 e. The molecular weight excluding hydrogens is 427 g/mol. The smallest absolute Gasteiger partial charge is 0.491 e. The van der Waals surface area contributed by atoms with Gasteiger partial charge in [-0.25, -0.2) is 14.9 Å². The second-order valence-corrected chi connectivity index (χ2v) is 7.61. The van der Waals surface area contributed by atoms with Crippen LogP contribution in [0.4, 0.5) is 18.9 Å². The molecule has 0 atom stereocenters. The number of rotatable bonds is 5. The molecule has 1 aliphatic carbocycles. The molecule has 1 fully saturated rings. The highest BCUT2D eigenvalue weighted by Crippen LogP contribution is 2.41. The Hall–Kier alpha value is -3.50. The standard InChI is InChI=1S/C21H20F3N5O3/c1-32-19-7-17-14(10-27-29(17)16-4-2-13(11-30)3-5-16)6-18(19)28(21(22,23)24)20(31)15-8-25-12-26-9-15/h6-13,16H,2-5H2,1H3. The molecule has 1 aromatic carbocycles. The first kappa shape index (κ1) is 21.7. The summed E-state index contributed by atoms with van der Waals surface area (Å²) in [6.07, 6.45) is 3.54. The molecule has 0 unspecified atom stereocenters. The first-order valence-electron chi connectivity index (χ1n) is 10.00. The summed E-state index contributed by atoms with van der Waals surface area (Å²) < 4.78 is 49.0. The fourth-order valence-electron chi connectivity index (χ4n) is 4.07. The molecule has 0 saturated heterocycles. The van der Waals surface area contributed by atoms with E-state index >= 15 is 0 Å².